The largest absolute Gasteiger partial charge is 0.311 e. The molecule has 0 radical (unpaired) electrons. The molecule has 0 bridgehead atoms. The van der Waals surface area contributed by atoms with E-state index in [1.165, 1.54) is 28.6 Å². The van der Waals surface area contributed by atoms with E-state index in [2.05, 4.69) is 38.9 Å². The van der Waals surface area contributed by atoms with Crippen molar-refractivity contribution in [1.29, 1.82) is 0 Å². The molecule has 1 nitrogen and oxygen atoms in total. The van der Waals surface area contributed by atoms with Crippen LogP contribution in [0.5, 0.6) is 0 Å². The molecule has 0 spiro atoms. The van der Waals surface area contributed by atoms with Gasteiger partial charge in [-0.1, -0.05) is 6.42 Å². The summed E-state index contributed by atoms with van der Waals surface area (Å²) < 4.78 is 1.77. The Morgan fingerprint density at radius 3 is 2.87 bits per heavy atom. The SMILES string of the molecule is CSC1(CNCc2csc(Br)c2)CCC1. The Morgan fingerprint density at radius 2 is 2.40 bits per heavy atom. The fourth-order valence-electron chi connectivity index (χ4n) is 1.90. The summed E-state index contributed by atoms with van der Waals surface area (Å²) in [5, 5.41) is 5.79. The highest BCUT2D eigenvalue weighted by molar-refractivity contribution is 9.11. The van der Waals surface area contributed by atoms with Crippen LogP contribution in [0.25, 0.3) is 0 Å². The first-order valence-corrected chi connectivity index (χ1v) is 8.13. The first-order valence-electron chi connectivity index (χ1n) is 5.23. The summed E-state index contributed by atoms with van der Waals surface area (Å²) in [5.74, 6) is 0. The van der Waals surface area contributed by atoms with Crippen LogP contribution in [0.2, 0.25) is 0 Å². The van der Waals surface area contributed by atoms with Gasteiger partial charge in [0.15, 0.2) is 0 Å². The second-order valence-electron chi connectivity index (χ2n) is 4.10. The van der Waals surface area contributed by atoms with E-state index in [1.807, 2.05) is 11.8 Å². The molecule has 0 aliphatic heterocycles. The summed E-state index contributed by atoms with van der Waals surface area (Å²) in [6.07, 6.45) is 6.41. The quantitative estimate of drug-likeness (QED) is 0.886. The Bertz CT molecular complexity index is 315. The van der Waals surface area contributed by atoms with Crippen LogP contribution in [0.1, 0.15) is 24.8 Å². The molecule has 1 fully saturated rings. The fourth-order valence-corrected chi connectivity index (χ4v) is 4.05. The topological polar surface area (TPSA) is 12.0 Å². The first-order chi connectivity index (χ1) is 7.24. The van der Waals surface area contributed by atoms with Crippen molar-refractivity contribution in [1.82, 2.24) is 5.32 Å². The highest BCUT2D eigenvalue weighted by Crippen LogP contribution is 2.42. The third-order valence-electron chi connectivity index (χ3n) is 3.10. The van der Waals surface area contributed by atoms with Crippen LogP contribution in [-0.2, 0) is 6.54 Å². The van der Waals surface area contributed by atoms with Gasteiger partial charge in [-0.05, 0) is 52.0 Å². The molecule has 0 aromatic carbocycles. The van der Waals surface area contributed by atoms with Crippen molar-refractivity contribution >= 4 is 39.0 Å². The zero-order valence-corrected chi connectivity index (χ0v) is 12.1. The van der Waals surface area contributed by atoms with Crippen LogP contribution >= 0.6 is 39.0 Å². The molecule has 0 saturated heterocycles. The van der Waals surface area contributed by atoms with Gasteiger partial charge < -0.3 is 5.32 Å². The summed E-state index contributed by atoms with van der Waals surface area (Å²) >= 11 is 7.28. The minimum atomic E-state index is 0.549. The third kappa shape index (κ3) is 2.99. The van der Waals surface area contributed by atoms with Crippen molar-refractivity contribution in [2.24, 2.45) is 0 Å². The minimum Gasteiger partial charge on any atom is -0.311 e. The Kier molecular flexibility index (Phi) is 4.16. The number of nitrogens with one attached hydrogen (secondary N) is 1. The molecule has 0 atom stereocenters. The molecule has 1 aliphatic rings. The predicted molar refractivity (Wildman–Crippen MR) is 73.8 cm³/mol. The zero-order chi connectivity index (χ0) is 10.7. The number of halogens is 1. The normalized spacial score (nSPS) is 18.8. The summed E-state index contributed by atoms with van der Waals surface area (Å²) in [5.41, 5.74) is 1.39. The van der Waals surface area contributed by atoms with Crippen molar-refractivity contribution in [3.05, 3.63) is 20.8 Å². The van der Waals surface area contributed by atoms with Gasteiger partial charge in [0.1, 0.15) is 0 Å². The molecular formula is C11H16BrNS2. The maximum absolute atomic E-state index is 3.57. The molecule has 1 saturated carbocycles. The van der Waals surface area contributed by atoms with E-state index in [0.717, 1.165) is 13.1 Å². The van der Waals surface area contributed by atoms with E-state index < -0.39 is 0 Å². The van der Waals surface area contributed by atoms with E-state index in [-0.39, 0.29) is 0 Å². The number of thioether (sulfide) groups is 1. The van der Waals surface area contributed by atoms with Crippen LogP contribution < -0.4 is 5.32 Å². The molecule has 15 heavy (non-hydrogen) atoms. The fraction of sp³-hybridized carbons (Fsp3) is 0.636. The van der Waals surface area contributed by atoms with Crippen LogP contribution in [0.3, 0.4) is 0 Å². The Morgan fingerprint density at radius 1 is 1.60 bits per heavy atom. The highest BCUT2D eigenvalue weighted by Gasteiger charge is 2.35. The van der Waals surface area contributed by atoms with Crippen LogP contribution in [0.15, 0.2) is 15.2 Å². The molecule has 1 aliphatic carbocycles. The molecular weight excluding hydrogens is 290 g/mol. The number of hydrogen-bond acceptors (Lipinski definition) is 3. The second kappa shape index (κ2) is 5.21. The molecule has 2 rings (SSSR count). The Labute approximate surface area is 108 Å². The molecule has 0 unspecified atom stereocenters. The Balaban J connectivity index is 1.74. The highest BCUT2D eigenvalue weighted by atomic mass is 79.9. The van der Waals surface area contributed by atoms with E-state index >= 15 is 0 Å². The number of thiophene rings is 1. The summed E-state index contributed by atoms with van der Waals surface area (Å²) in [6, 6.07) is 2.20. The lowest BCUT2D eigenvalue weighted by atomic mass is 9.84. The standard InChI is InChI=1S/C11H16BrNS2/c1-14-11(3-2-4-11)8-13-6-9-5-10(12)15-7-9/h5,7,13H,2-4,6,8H2,1H3. The van der Waals surface area contributed by atoms with Crippen LogP contribution in [0, 0.1) is 0 Å². The van der Waals surface area contributed by atoms with Gasteiger partial charge in [0.25, 0.3) is 0 Å². The van der Waals surface area contributed by atoms with Gasteiger partial charge in [0.2, 0.25) is 0 Å². The van der Waals surface area contributed by atoms with Gasteiger partial charge in [-0.25, -0.2) is 0 Å². The van der Waals surface area contributed by atoms with Gasteiger partial charge in [0.05, 0.1) is 3.79 Å². The van der Waals surface area contributed by atoms with E-state index in [1.54, 1.807) is 11.3 Å². The zero-order valence-electron chi connectivity index (χ0n) is 8.88. The molecule has 1 N–H and O–H groups in total. The molecule has 0 amide bonds. The lowest BCUT2D eigenvalue weighted by Crippen LogP contribution is -2.43. The maximum Gasteiger partial charge on any atom is 0.0701 e. The maximum atomic E-state index is 3.57. The lowest BCUT2D eigenvalue weighted by molar-refractivity contribution is 0.345. The first kappa shape index (κ1) is 12.0. The van der Waals surface area contributed by atoms with Gasteiger partial charge in [0, 0.05) is 17.8 Å². The van der Waals surface area contributed by atoms with Crippen LogP contribution in [-0.4, -0.2) is 17.5 Å². The smallest absolute Gasteiger partial charge is 0.0701 e. The van der Waals surface area contributed by atoms with Gasteiger partial charge >= 0.3 is 0 Å². The van der Waals surface area contributed by atoms with Crippen molar-refractivity contribution < 1.29 is 0 Å². The molecule has 1 aromatic heterocycles. The average Bonchev–Trinajstić information content (AvgIpc) is 2.56. The monoisotopic (exact) mass is 305 g/mol. The van der Waals surface area contributed by atoms with Gasteiger partial charge in [-0.2, -0.15) is 11.8 Å². The second-order valence-corrected chi connectivity index (χ2v) is 7.67. The van der Waals surface area contributed by atoms with Crippen molar-refractivity contribution in [2.75, 3.05) is 12.8 Å². The molecule has 84 valence electrons. The number of rotatable bonds is 5. The predicted octanol–water partition coefficient (Wildman–Crippen LogP) is 3.89. The van der Waals surface area contributed by atoms with E-state index in [4.69, 9.17) is 0 Å². The third-order valence-corrected chi connectivity index (χ3v) is 6.07. The van der Waals surface area contributed by atoms with Crippen LogP contribution in [0.4, 0.5) is 0 Å². The Hall–Kier alpha value is 0.490. The average molecular weight is 306 g/mol. The molecule has 1 heterocycles. The van der Waals surface area contributed by atoms with Gasteiger partial charge in [-0.15, -0.1) is 11.3 Å². The minimum absolute atomic E-state index is 0.549. The summed E-state index contributed by atoms with van der Waals surface area (Å²) in [7, 11) is 0. The summed E-state index contributed by atoms with van der Waals surface area (Å²) in [6.45, 7) is 2.16. The van der Waals surface area contributed by atoms with Gasteiger partial charge in [-0.3, -0.25) is 0 Å². The van der Waals surface area contributed by atoms with Crippen molar-refractivity contribution in [3.8, 4) is 0 Å². The van der Waals surface area contributed by atoms with E-state index in [9.17, 15) is 0 Å². The number of hydrogen-bond donors (Lipinski definition) is 1. The summed E-state index contributed by atoms with van der Waals surface area (Å²) in [4.78, 5) is 0. The van der Waals surface area contributed by atoms with Crippen molar-refractivity contribution in [2.45, 2.75) is 30.6 Å². The molecule has 4 heteroatoms. The lowest BCUT2D eigenvalue weighted by Gasteiger charge is -2.40. The molecule has 1 aromatic rings. The van der Waals surface area contributed by atoms with E-state index in [0.29, 0.717) is 4.75 Å². The van der Waals surface area contributed by atoms with Crippen molar-refractivity contribution in [3.63, 3.8) is 0 Å².